The molecule has 1 unspecified atom stereocenters. The Labute approximate surface area is 91.6 Å². The van der Waals surface area contributed by atoms with E-state index < -0.39 is 0 Å². The average molecular weight is 208 g/mol. The topological polar surface area (TPSA) is 40.5 Å². The van der Waals surface area contributed by atoms with Crippen molar-refractivity contribution in [3.05, 3.63) is 28.3 Å². The summed E-state index contributed by atoms with van der Waals surface area (Å²) in [7, 11) is 0. The second-order valence-corrected chi connectivity index (χ2v) is 4.20. The summed E-state index contributed by atoms with van der Waals surface area (Å²) in [6.45, 7) is 8.04. The van der Waals surface area contributed by atoms with Crippen molar-refractivity contribution in [3.8, 4) is 5.75 Å². The van der Waals surface area contributed by atoms with Crippen LogP contribution in [0.1, 0.15) is 48.4 Å². The molecule has 0 aromatic heterocycles. The summed E-state index contributed by atoms with van der Waals surface area (Å²) in [5.74, 6) is 0.703. The van der Waals surface area contributed by atoms with E-state index in [1.807, 2.05) is 19.9 Å². The molecule has 0 heterocycles. The minimum atomic E-state index is -0.00792. The van der Waals surface area contributed by atoms with Crippen molar-refractivity contribution < 1.29 is 10.2 Å². The molecule has 2 N–H and O–H groups in total. The zero-order valence-electron chi connectivity index (χ0n) is 9.96. The first kappa shape index (κ1) is 12.1. The number of aliphatic hydroxyl groups is 1. The highest BCUT2D eigenvalue weighted by atomic mass is 16.3. The average Bonchev–Trinajstić information content (AvgIpc) is 2.23. The lowest BCUT2D eigenvalue weighted by Gasteiger charge is -2.17. The van der Waals surface area contributed by atoms with Gasteiger partial charge in [-0.05, 0) is 48.4 Å². The summed E-state index contributed by atoms with van der Waals surface area (Å²) in [6, 6.07) is 1.99. The number of aryl methyl sites for hydroxylation is 1. The van der Waals surface area contributed by atoms with Gasteiger partial charge in [-0.3, -0.25) is 0 Å². The van der Waals surface area contributed by atoms with Crippen molar-refractivity contribution in [1.29, 1.82) is 0 Å². The van der Waals surface area contributed by atoms with Gasteiger partial charge in [-0.1, -0.05) is 19.9 Å². The normalized spacial score (nSPS) is 12.9. The minimum absolute atomic E-state index is 0.00792. The van der Waals surface area contributed by atoms with Crippen LogP contribution in [0, 0.1) is 13.8 Å². The molecule has 1 aromatic rings. The Morgan fingerprint density at radius 1 is 1.33 bits per heavy atom. The van der Waals surface area contributed by atoms with Crippen LogP contribution in [0.15, 0.2) is 6.07 Å². The molecule has 0 aliphatic heterocycles. The number of phenolic OH excluding ortho intramolecular Hbond substituents is 1. The molecule has 0 aliphatic carbocycles. The maximum Gasteiger partial charge on any atom is 0.122 e. The summed E-state index contributed by atoms with van der Waals surface area (Å²) in [6.07, 6.45) is 1.00. The Morgan fingerprint density at radius 3 is 2.40 bits per heavy atom. The quantitative estimate of drug-likeness (QED) is 0.801. The number of hydrogen-bond acceptors (Lipinski definition) is 2. The van der Waals surface area contributed by atoms with Gasteiger partial charge in [0.05, 0.1) is 6.61 Å². The van der Waals surface area contributed by atoms with Crippen molar-refractivity contribution in [1.82, 2.24) is 0 Å². The van der Waals surface area contributed by atoms with Crippen LogP contribution in [0.4, 0.5) is 0 Å². The maximum absolute atomic E-state index is 10.0. The molecule has 15 heavy (non-hydrogen) atoms. The molecular weight excluding hydrogens is 188 g/mol. The number of aliphatic hydroxyl groups excluding tert-OH is 1. The van der Waals surface area contributed by atoms with Gasteiger partial charge in [0.15, 0.2) is 0 Å². The van der Waals surface area contributed by atoms with E-state index in [0.29, 0.717) is 11.7 Å². The van der Waals surface area contributed by atoms with Crippen LogP contribution in [0.3, 0.4) is 0 Å². The Bertz CT molecular complexity index is 356. The number of hydrogen-bond donors (Lipinski definition) is 2. The van der Waals surface area contributed by atoms with Crippen molar-refractivity contribution in [2.24, 2.45) is 0 Å². The van der Waals surface area contributed by atoms with Gasteiger partial charge in [0.1, 0.15) is 5.75 Å². The Hall–Kier alpha value is -1.02. The molecule has 0 saturated carbocycles. The smallest absolute Gasteiger partial charge is 0.122 e. The number of phenols is 1. The van der Waals surface area contributed by atoms with Gasteiger partial charge in [-0.15, -0.1) is 0 Å². The fourth-order valence-electron chi connectivity index (χ4n) is 1.88. The lowest BCUT2D eigenvalue weighted by Crippen LogP contribution is -2.00. The summed E-state index contributed by atoms with van der Waals surface area (Å²) >= 11 is 0. The fourth-order valence-corrected chi connectivity index (χ4v) is 1.88. The maximum atomic E-state index is 10.0. The van der Waals surface area contributed by atoms with Crippen LogP contribution < -0.4 is 0 Å². The van der Waals surface area contributed by atoms with E-state index in [1.54, 1.807) is 0 Å². The minimum Gasteiger partial charge on any atom is -0.507 e. The summed E-state index contributed by atoms with van der Waals surface area (Å²) in [4.78, 5) is 0. The Morgan fingerprint density at radius 2 is 1.93 bits per heavy atom. The highest BCUT2D eigenvalue weighted by Crippen LogP contribution is 2.34. The Balaban J connectivity index is 3.33. The molecule has 0 spiro atoms. The first-order valence-corrected chi connectivity index (χ1v) is 5.45. The second-order valence-electron chi connectivity index (χ2n) is 4.20. The zero-order chi connectivity index (χ0) is 11.6. The van der Waals surface area contributed by atoms with Gasteiger partial charge >= 0.3 is 0 Å². The van der Waals surface area contributed by atoms with Crippen molar-refractivity contribution >= 4 is 0 Å². The molecule has 2 heteroatoms. The molecule has 1 aromatic carbocycles. The summed E-state index contributed by atoms with van der Waals surface area (Å²) in [5.41, 5.74) is 3.71. The van der Waals surface area contributed by atoms with Crippen molar-refractivity contribution in [3.63, 3.8) is 0 Å². The molecule has 1 atom stereocenters. The van der Waals surface area contributed by atoms with Crippen LogP contribution in [0.2, 0.25) is 0 Å². The molecule has 0 amide bonds. The lowest BCUT2D eigenvalue weighted by atomic mass is 9.91. The summed E-state index contributed by atoms with van der Waals surface area (Å²) < 4.78 is 0. The van der Waals surface area contributed by atoms with E-state index in [0.717, 1.165) is 28.7 Å². The van der Waals surface area contributed by atoms with Crippen LogP contribution in [-0.2, 0) is 6.61 Å². The van der Waals surface area contributed by atoms with Gasteiger partial charge in [0.25, 0.3) is 0 Å². The molecule has 1 rings (SSSR count). The first-order valence-electron chi connectivity index (χ1n) is 5.45. The molecule has 2 nitrogen and oxygen atoms in total. The molecular formula is C13H20O2. The van der Waals surface area contributed by atoms with E-state index in [1.165, 1.54) is 0 Å². The third-order valence-electron chi connectivity index (χ3n) is 3.23. The van der Waals surface area contributed by atoms with E-state index in [4.69, 9.17) is 0 Å². The highest BCUT2D eigenvalue weighted by molar-refractivity contribution is 5.49. The van der Waals surface area contributed by atoms with Crippen molar-refractivity contribution in [2.45, 2.75) is 46.6 Å². The third-order valence-corrected chi connectivity index (χ3v) is 3.23. The van der Waals surface area contributed by atoms with Crippen LogP contribution in [0.25, 0.3) is 0 Å². The van der Waals surface area contributed by atoms with E-state index >= 15 is 0 Å². The van der Waals surface area contributed by atoms with Crippen molar-refractivity contribution in [2.75, 3.05) is 0 Å². The molecule has 0 bridgehead atoms. The molecule has 0 saturated heterocycles. The first-order chi connectivity index (χ1) is 7.02. The van der Waals surface area contributed by atoms with E-state index in [2.05, 4.69) is 13.8 Å². The van der Waals surface area contributed by atoms with Gasteiger partial charge in [-0.2, -0.15) is 0 Å². The predicted molar refractivity (Wildman–Crippen MR) is 62.2 cm³/mol. The number of benzene rings is 1. The second kappa shape index (κ2) is 4.67. The number of rotatable bonds is 3. The summed E-state index contributed by atoms with van der Waals surface area (Å²) in [5, 5.41) is 19.2. The SMILES string of the molecule is CCC(C)c1cc(C)c(CO)c(C)c1O. The standard InChI is InChI=1S/C13H20O2/c1-5-8(2)11-6-9(3)12(7-14)10(4)13(11)15/h6,8,14-15H,5,7H2,1-4H3. The van der Waals surface area contributed by atoms with Gasteiger partial charge < -0.3 is 10.2 Å². The lowest BCUT2D eigenvalue weighted by molar-refractivity contribution is 0.279. The third kappa shape index (κ3) is 2.15. The fraction of sp³-hybridized carbons (Fsp3) is 0.538. The van der Waals surface area contributed by atoms with E-state index in [9.17, 15) is 10.2 Å². The van der Waals surface area contributed by atoms with E-state index in [-0.39, 0.29) is 6.61 Å². The van der Waals surface area contributed by atoms with Crippen LogP contribution in [0.5, 0.6) is 5.75 Å². The molecule has 84 valence electrons. The predicted octanol–water partition coefficient (Wildman–Crippen LogP) is 3.01. The zero-order valence-corrected chi connectivity index (χ0v) is 9.96. The molecule has 0 fully saturated rings. The number of aromatic hydroxyl groups is 1. The van der Waals surface area contributed by atoms with Gasteiger partial charge in [0.2, 0.25) is 0 Å². The van der Waals surface area contributed by atoms with Gasteiger partial charge in [0, 0.05) is 0 Å². The largest absolute Gasteiger partial charge is 0.507 e. The highest BCUT2D eigenvalue weighted by Gasteiger charge is 2.15. The molecule has 0 aliphatic rings. The van der Waals surface area contributed by atoms with Crippen LogP contribution in [-0.4, -0.2) is 10.2 Å². The molecule has 0 radical (unpaired) electrons. The Kier molecular flexibility index (Phi) is 3.75. The van der Waals surface area contributed by atoms with Gasteiger partial charge in [-0.25, -0.2) is 0 Å². The monoisotopic (exact) mass is 208 g/mol. The van der Waals surface area contributed by atoms with Crippen LogP contribution >= 0.6 is 0 Å².